The van der Waals surface area contributed by atoms with Crippen molar-refractivity contribution < 1.29 is 9.26 Å². The SMILES string of the molecule is NC1C=CC(c2nc(COc3ccccc3)no2)C1. The molecule has 0 saturated carbocycles. The predicted molar refractivity (Wildman–Crippen MR) is 69.5 cm³/mol. The van der Waals surface area contributed by atoms with E-state index >= 15 is 0 Å². The first-order chi connectivity index (χ1) is 9.31. The summed E-state index contributed by atoms with van der Waals surface area (Å²) in [4.78, 5) is 4.33. The third kappa shape index (κ3) is 2.82. The predicted octanol–water partition coefficient (Wildman–Crippen LogP) is 2.02. The van der Waals surface area contributed by atoms with Crippen LogP contribution in [-0.2, 0) is 6.61 Å². The number of ether oxygens (including phenoxy) is 1. The molecule has 1 aromatic carbocycles. The van der Waals surface area contributed by atoms with Gasteiger partial charge in [-0.3, -0.25) is 0 Å². The Labute approximate surface area is 111 Å². The first kappa shape index (κ1) is 11.9. The molecule has 2 aromatic rings. The Hall–Kier alpha value is -2.14. The van der Waals surface area contributed by atoms with Gasteiger partial charge in [-0.25, -0.2) is 0 Å². The van der Waals surface area contributed by atoms with E-state index < -0.39 is 0 Å². The van der Waals surface area contributed by atoms with Gasteiger partial charge in [0.15, 0.2) is 6.61 Å². The van der Waals surface area contributed by atoms with E-state index in [-0.39, 0.29) is 12.0 Å². The third-order valence-electron chi connectivity index (χ3n) is 3.03. The second kappa shape index (κ2) is 5.24. The van der Waals surface area contributed by atoms with Crippen LogP contribution in [0, 0.1) is 0 Å². The van der Waals surface area contributed by atoms with E-state index in [1.165, 1.54) is 0 Å². The van der Waals surface area contributed by atoms with Gasteiger partial charge in [-0.15, -0.1) is 0 Å². The molecule has 1 aliphatic rings. The average molecular weight is 257 g/mol. The number of benzene rings is 1. The molecule has 1 aromatic heterocycles. The van der Waals surface area contributed by atoms with Crippen LogP contribution in [0.15, 0.2) is 47.0 Å². The molecular weight excluding hydrogens is 242 g/mol. The van der Waals surface area contributed by atoms with E-state index in [0.717, 1.165) is 12.2 Å². The molecule has 1 heterocycles. The third-order valence-corrected chi connectivity index (χ3v) is 3.03. The maximum Gasteiger partial charge on any atom is 0.233 e. The van der Waals surface area contributed by atoms with Gasteiger partial charge in [0.2, 0.25) is 11.7 Å². The number of nitrogens with zero attached hydrogens (tertiary/aromatic N) is 2. The van der Waals surface area contributed by atoms with E-state index in [1.807, 2.05) is 42.5 Å². The zero-order valence-corrected chi connectivity index (χ0v) is 10.4. The number of hydrogen-bond acceptors (Lipinski definition) is 5. The Morgan fingerprint density at radius 1 is 1.26 bits per heavy atom. The number of allylic oxidation sites excluding steroid dienone is 1. The van der Waals surface area contributed by atoms with Crippen molar-refractivity contribution in [2.24, 2.45) is 5.73 Å². The molecule has 2 N–H and O–H groups in total. The van der Waals surface area contributed by atoms with Crippen LogP contribution in [0.5, 0.6) is 5.75 Å². The molecule has 1 aliphatic carbocycles. The fourth-order valence-electron chi connectivity index (χ4n) is 2.05. The van der Waals surface area contributed by atoms with Gasteiger partial charge in [-0.1, -0.05) is 35.5 Å². The average Bonchev–Trinajstić information content (AvgIpc) is 3.06. The normalized spacial score (nSPS) is 21.7. The molecule has 2 atom stereocenters. The van der Waals surface area contributed by atoms with Crippen molar-refractivity contribution >= 4 is 0 Å². The number of aromatic nitrogens is 2. The Bertz CT molecular complexity index is 565. The number of hydrogen-bond donors (Lipinski definition) is 1. The van der Waals surface area contributed by atoms with Crippen LogP contribution in [0.3, 0.4) is 0 Å². The number of rotatable bonds is 4. The zero-order valence-electron chi connectivity index (χ0n) is 10.4. The minimum absolute atomic E-state index is 0.0842. The van der Waals surface area contributed by atoms with Gasteiger partial charge in [-0.2, -0.15) is 4.98 Å². The van der Waals surface area contributed by atoms with Crippen LogP contribution in [-0.4, -0.2) is 16.2 Å². The largest absolute Gasteiger partial charge is 0.485 e. The lowest BCUT2D eigenvalue weighted by Crippen LogP contribution is -2.14. The summed E-state index contributed by atoms with van der Waals surface area (Å²) in [5, 5.41) is 3.92. The molecule has 98 valence electrons. The summed E-state index contributed by atoms with van der Waals surface area (Å²) in [6.45, 7) is 0.302. The number of para-hydroxylation sites is 1. The highest BCUT2D eigenvalue weighted by Gasteiger charge is 2.22. The molecular formula is C14H15N3O2. The Morgan fingerprint density at radius 2 is 2.11 bits per heavy atom. The highest BCUT2D eigenvalue weighted by atomic mass is 16.5. The molecule has 3 rings (SSSR count). The fraction of sp³-hybridized carbons (Fsp3) is 0.286. The smallest absolute Gasteiger partial charge is 0.233 e. The lowest BCUT2D eigenvalue weighted by molar-refractivity contribution is 0.284. The maximum atomic E-state index is 5.80. The minimum Gasteiger partial charge on any atom is -0.485 e. The fourth-order valence-corrected chi connectivity index (χ4v) is 2.05. The van der Waals surface area contributed by atoms with Crippen molar-refractivity contribution in [3.63, 3.8) is 0 Å². The van der Waals surface area contributed by atoms with Gasteiger partial charge in [0.25, 0.3) is 0 Å². The van der Waals surface area contributed by atoms with Crippen LogP contribution in [0.4, 0.5) is 0 Å². The first-order valence-corrected chi connectivity index (χ1v) is 6.25. The van der Waals surface area contributed by atoms with Gasteiger partial charge in [0.05, 0.1) is 5.92 Å². The number of nitrogens with two attached hydrogens (primary N) is 1. The molecule has 5 heteroatoms. The van der Waals surface area contributed by atoms with Crippen molar-refractivity contribution in [3.05, 3.63) is 54.2 Å². The summed E-state index contributed by atoms with van der Waals surface area (Å²) in [6.07, 6.45) is 4.80. The maximum absolute atomic E-state index is 5.80. The second-order valence-corrected chi connectivity index (χ2v) is 4.54. The van der Waals surface area contributed by atoms with Gasteiger partial charge in [0.1, 0.15) is 5.75 Å². The molecule has 0 bridgehead atoms. The molecule has 0 spiro atoms. The summed E-state index contributed by atoms with van der Waals surface area (Å²) in [6, 6.07) is 9.64. The summed E-state index contributed by atoms with van der Waals surface area (Å²) in [5.74, 6) is 2.08. The monoisotopic (exact) mass is 257 g/mol. The summed E-state index contributed by atoms with van der Waals surface area (Å²) in [5.41, 5.74) is 5.80. The first-order valence-electron chi connectivity index (χ1n) is 6.25. The molecule has 0 amide bonds. The van der Waals surface area contributed by atoms with Gasteiger partial charge in [-0.05, 0) is 18.6 Å². The van der Waals surface area contributed by atoms with Crippen molar-refractivity contribution in [2.75, 3.05) is 0 Å². The van der Waals surface area contributed by atoms with Crippen LogP contribution < -0.4 is 10.5 Å². The van der Waals surface area contributed by atoms with Gasteiger partial charge >= 0.3 is 0 Å². The Kier molecular flexibility index (Phi) is 3.29. The van der Waals surface area contributed by atoms with Crippen LogP contribution in [0.25, 0.3) is 0 Å². The van der Waals surface area contributed by atoms with Gasteiger partial charge < -0.3 is 15.0 Å². The Balaban J connectivity index is 1.61. The molecule has 2 unspecified atom stereocenters. The van der Waals surface area contributed by atoms with Crippen molar-refractivity contribution in [2.45, 2.75) is 25.0 Å². The Morgan fingerprint density at radius 3 is 2.84 bits per heavy atom. The van der Waals surface area contributed by atoms with Crippen LogP contribution in [0.2, 0.25) is 0 Å². The molecule has 5 nitrogen and oxygen atoms in total. The van der Waals surface area contributed by atoms with E-state index in [1.54, 1.807) is 0 Å². The molecule has 0 saturated heterocycles. The van der Waals surface area contributed by atoms with Crippen molar-refractivity contribution in [1.82, 2.24) is 10.1 Å². The lowest BCUT2D eigenvalue weighted by Gasteiger charge is -2.02. The molecule has 0 radical (unpaired) electrons. The zero-order chi connectivity index (χ0) is 13.1. The topological polar surface area (TPSA) is 74.2 Å². The minimum atomic E-state index is 0.0842. The van der Waals surface area contributed by atoms with Gasteiger partial charge in [0, 0.05) is 6.04 Å². The standard InChI is InChI=1S/C14H15N3O2/c15-11-7-6-10(8-11)14-16-13(17-19-14)9-18-12-4-2-1-3-5-12/h1-7,10-11H,8-9,15H2. The van der Waals surface area contributed by atoms with Crippen LogP contribution >= 0.6 is 0 Å². The van der Waals surface area contributed by atoms with E-state index in [9.17, 15) is 0 Å². The highest BCUT2D eigenvalue weighted by molar-refractivity contribution is 5.21. The molecule has 0 fully saturated rings. The summed E-state index contributed by atoms with van der Waals surface area (Å²) < 4.78 is 10.8. The molecule has 19 heavy (non-hydrogen) atoms. The van der Waals surface area contributed by atoms with Crippen molar-refractivity contribution in [1.29, 1.82) is 0 Å². The van der Waals surface area contributed by atoms with Crippen LogP contribution in [0.1, 0.15) is 24.1 Å². The molecule has 0 aliphatic heterocycles. The lowest BCUT2D eigenvalue weighted by atomic mass is 10.1. The summed E-state index contributed by atoms with van der Waals surface area (Å²) in [7, 11) is 0. The highest BCUT2D eigenvalue weighted by Crippen LogP contribution is 2.26. The van der Waals surface area contributed by atoms with Crippen molar-refractivity contribution in [3.8, 4) is 5.75 Å². The van der Waals surface area contributed by atoms with E-state index in [4.69, 9.17) is 15.0 Å². The van der Waals surface area contributed by atoms with E-state index in [2.05, 4.69) is 10.1 Å². The quantitative estimate of drug-likeness (QED) is 0.848. The van der Waals surface area contributed by atoms with E-state index in [0.29, 0.717) is 18.3 Å². The summed E-state index contributed by atoms with van der Waals surface area (Å²) >= 11 is 0. The second-order valence-electron chi connectivity index (χ2n) is 4.54.